The van der Waals surface area contributed by atoms with Gasteiger partial charge in [-0.2, -0.15) is 0 Å². The van der Waals surface area contributed by atoms with Gasteiger partial charge in [-0.05, 0) is 30.5 Å². The first-order valence-corrected chi connectivity index (χ1v) is 7.41. The third-order valence-corrected chi connectivity index (χ3v) is 3.75. The third kappa shape index (κ3) is 4.48. The van der Waals surface area contributed by atoms with Crippen LogP contribution in [0.3, 0.4) is 0 Å². The second-order valence-corrected chi connectivity index (χ2v) is 5.70. The second kappa shape index (κ2) is 7.11. The van der Waals surface area contributed by atoms with Gasteiger partial charge in [-0.3, -0.25) is 4.79 Å². The van der Waals surface area contributed by atoms with Crippen molar-refractivity contribution in [3.05, 3.63) is 35.4 Å². The summed E-state index contributed by atoms with van der Waals surface area (Å²) in [5, 5.41) is 5.83. The summed E-state index contributed by atoms with van der Waals surface area (Å²) in [7, 11) is 3.45. The average Bonchev–Trinajstić information content (AvgIpc) is 2.97. The van der Waals surface area contributed by atoms with Gasteiger partial charge in [-0.1, -0.05) is 25.0 Å². The van der Waals surface area contributed by atoms with Gasteiger partial charge in [-0.15, -0.1) is 0 Å². The Morgan fingerprint density at radius 2 is 1.76 bits per heavy atom. The summed E-state index contributed by atoms with van der Waals surface area (Å²) in [6, 6.07) is 7.52. The van der Waals surface area contributed by atoms with Gasteiger partial charge in [0.25, 0.3) is 5.91 Å². The molecule has 5 heteroatoms. The largest absolute Gasteiger partial charge is 0.345 e. The molecular weight excluding hydrogens is 266 g/mol. The number of hydrogen-bond donors (Lipinski definition) is 2. The zero-order valence-corrected chi connectivity index (χ0v) is 12.7. The van der Waals surface area contributed by atoms with Crippen molar-refractivity contribution >= 4 is 11.9 Å². The molecule has 1 aromatic carbocycles. The smallest absolute Gasteiger partial charge is 0.315 e. The van der Waals surface area contributed by atoms with Crippen molar-refractivity contribution in [3.63, 3.8) is 0 Å². The monoisotopic (exact) mass is 289 g/mol. The number of nitrogens with one attached hydrogen (secondary N) is 2. The lowest BCUT2D eigenvalue weighted by atomic mass is 10.1. The van der Waals surface area contributed by atoms with Crippen LogP contribution in [-0.2, 0) is 6.54 Å². The number of urea groups is 1. The Balaban J connectivity index is 1.80. The van der Waals surface area contributed by atoms with Crippen LogP contribution in [0, 0.1) is 0 Å². The van der Waals surface area contributed by atoms with E-state index in [1.54, 1.807) is 31.1 Å². The standard InChI is InChI=1S/C16H23N3O2/c1-19(2)15(20)13-9-7-12(8-10-13)11-17-16(21)18-14-5-3-4-6-14/h7-10,14H,3-6,11H2,1-2H3,(H2,17,18,21). The highest BCUT2D eigenvalue weighted by molar-refractivity contribution is 5.93. The Hall–Kier alpha value is -2.04. The number of amides is 3. The van der Waals surface area contributed by atoms with Crippen LogP contribution in [0.15, 0.2) is 24.3 Å². The van der Waals surface area contributed by atoms with E-state index in [1.807, 2.05) is 12.1 Å². The summed E-state index contributed by atoms with van der Waals surface area (Å²) >= 11 is 0. The van der Waals surface area contributed by atoms with Gasteiger partial charge in [-0.25, -0.2) is 4.79 Å². The minimum Gasteiger partial charge on any atom is -0.345 e. The number of rotatable bonds is 4. The molecule has 114 valence electrons. The van der Waals surface area contributed by atoms with Gasteiger partial charge in [0, 0.05) is 32.2 Å². The quantitative estimate of drug-likeness (QED) is 0.892. The van der Waals surface area contributed by atoms with Crippen molar-refractivity contribution in [2.45, 2.75) is 38.3 Å². The van der Waals surface area contributed by atoms with Gasteiger partial charge >= 0.3 is 6.03 Å². The summed E-state index contributed by atoms with van der Waals surface area (Å²) in [5.74, 6) is -0.0199. The first-order chi connectivity index (χ1) is 10.1. The Labute approximate surface area is 125 Å². The number of nitrogens with zero attached hydrogens (tertiary/aromatic N) is 1. The Morgan fingerprint density at radius 1 is 1.14 bits per heavy atom. The average molecular weight is 289 g/mol. The zero-order chi connectivity index (χ0) is 15.2. The van der Waals surface area contributed by atoms with E-state index < -0.39 is 0 Å². The van der Waals surface area contributed by atoms with Crippen molar-refractivity contribution in [1.82, 2.24) is 15.5 Å². The molecular formula is C16H23N3O2. The van der Waals surface area contributed by atoms with Crippen LogP contribution in [0.5, 0.6) is 0 Å². The normalized spacial score (nSPS) is 14.8. The molecule has 1 aliphatic rings. The number of carbonyl (C=O) groups excluding carboxylic acids is 2. The first-order valence-electron chi connectivity index (χ1n) is 7.41. The van der Waals surface area contributed by atoms with Gasteiger partial charge in [0.15, 0.2) is 0 Å². The highest BCUT2D eigenvalue weighted by Crippen LogP contribution is 2.17. The fourth-order valence-electron chi connectivity index (χ4n) is 2.51. The summed E-state index contributed by atoms with van der Waals surface area (Å²) in [5.41, 5.74) is 1.63. The molecule has 0 aliphatic heterocycles. The molecule has 5 nitrogen and oxygen atoms in total. The van der Waals surface area contributed by atoms with Crippen molar-refractivity contribution in [2.24, 2.45) is 0 Å². The van der Waals surface area contributed by atoms with Crippen LogP contribution >= 0.6 is 0 Å². The lowest BCUT2D eigenvalue weighted by Gasteiger charge is -2.13. The van der Waals surface area contributed by atoms with Crippen molar-refractivity contribution in [2.75, 3.05) is 14.1 Å². The second-order valence-electron chi connectivity index (χ2n) is 5.70. The molecule has 0 bridgehead atoms. The SMILES string of the molecule is CN(C)C(=O)c1ccc(CNC(=O)NC2CCCC2)cc1. The predicted octanol–water partition coefficient (Wildman–Crippen LogP) is 2.13. The van der Waals surface area contributed by atoms with Crippen molar-refractivity contribution in [3.8, 4) is 0 Å². The molecule has 2 rings (SSSR count). The van der Waals surface area contributed by atoms with E-state index in [9.17, 15) is 9.59 Å². The minimum absolute atomic E-state index is 0.0199. The highest BCUT2D eigenvalue weighted by Gasteiger charge is 2.16. The molecule has 1 saturated carbocycles. The van der Waals surface area contributed by atoms with Gasteiger partial charge in [0.1, 0.15) is 0 Å². The number of benzene rings is 1. The Bertz CT molecular complexity index is 491. The molecule has 0 saturated heterocycles. The van der Waals surface area contributed by atoms with Crippen LogP contribution in [0.25, 0.3) is 0 Å². The molecule has 1 aliphatic carbocycles. The van der Waals surface area contributed by atoms with Crippen LogP contribution < -0.4 is 10.6 Å². The Morgan fingerprint density at radius 3 is 2.33 bits per heavy atom. The number of hydrogen-bond acceptors (Lipinski definition) is 2. The molecule has 0 heterocycles. The summed E-state index contributed by atoms with van der Waals surface area (Å²) < 4.78 is 0. The van der Waals surface area contributed by atoms with Crippen LogP contribution in [0.4, 0.5) is 4.79 Å². The van der Waals surface area contributed by atoms with Crippen LogP contribution in [0.2, 0.25) is 0 Å². The van der Waals surface area contributed by atoms with Crippen molar-refractivity contribution in [1.29, 1.82) is 0 Å². The minimum atomic E-state index is -0.115. The highest BCUT2D eigenvalue weighted by atomic mass is 16.2. The maximum Gasteiger partial charge on any atom is 0.315 e. The van der Waals surface area contributed by atoms with E-state index in [-0.39, 0.29) is 11.9 Å². The molecule has 2 N–H and O–H groups in total. The lowest BCUT2D eigenvalue weighted by molar-refractivity contribution is 0.0827. The first kappa shape index (κ1) is 15.4. The molecule has 0 aromatic heterocycles. The molecule has 1 fully saturated rings. The molecule has 1 aromatic rings. The zero-order valence-electron chi connectivity index (χ0n) is 12.7. The molecule has 3 amide bonds. The fourth-order valence-corrected chi connectivity index (χ4v) is 2.51. The lowest BCUT2D eigenvalue weighted by Crippen LogP contribution is -2.40. The van der Waals surface area contributed by atoms with E-state index in [4.69, 9.17) is 0 Å². The van der Waals surface area contributed by atoms with Gasteiger partial charge in [0.2, 0.25) is 0 Å². The van der Waals surface area contributed by atoms with E-state index >= 15 is 0 Å². The van der Waals surface area contributed by atoms with Crippen molar-refractivity contribution < 1.29 is 9.59 Å². The topological polar surface area (TPSA) is 61.4 Å². The third-order valence-electron chi connectivity index (χ3n) is 3.75. The van der Waals surface area contributed by atoms with E-state index in [1.165, 1.54) is 12.8 Å². The van der Waals surface area contributed by atoms with Gasteiger partial charge < -0.3 is 15.5 Å². The summed E-state index contributed by atoms with van der Waals surface area (Å²) in [4.78, 5) is 25.1. The van der Waals surface area contributed by atoms with E-state index in [0.29, 0.717) is 18.2 Å². The maximum absolute atomic E-state index is 11.8. The van der Waals surface area contributed by atoms with Crippen LogP contribution in [-0.4, -0.2) is 37.0 Å². The summed E-state index contributed by atoms with van der Waals surface area (Å²) in [6.07, 6.45) is 4.56. The molecule has 21 heavy (non-hydrogen) atoms. The molecule has 0 radical (unpaired) electrons. The number of carbonyl (C=O) groups is 2. The van der Waals surface area contributed by atoms with Gasteiger partial charge in [0.05, 0.1) is 0 Å². The van der Waals surface area contributed by atoms with E-state index in [0.717, 1.165) is 18.4 Å². The molecule has 0 spiro atoms. The molecule has 0 atom stereocenters. The summed E-state index contributed by atoms with van der Waals surface area (Å²) in [6.45, 7) is 0.467. The maximum atomic E-state index is 11.8. The Kier molecular flexibility index (Phi) is 5.20. The van der Waals surface area contributed by atoms with Crippen LogP contribution in [0.1, 0.15) is 41.6 Å². The van der Waals surface area contributed by atoms with E-state index in [2.05, 4.69) is 10.6 Å². The fraction of sp³-hybridized carbons (Fsp3) is 0.500. The predicted molar refractivity (Wildman–Crippen MR) is 82.1 cm³/mol. The molecule has 0 unspecified atom stereocenters.